The number of ether oxygens (including phenoxy) is 3. The topological polar surface area (TPSA) is 77.9 Å². The number of aliphatic hydroxyl groups is 1. The monoisotopic (exact) mass is 489 g/mol. The Morgan fingerprint density at radius 1 is 1.11 bits per heavy atom. The number of nitrogens with zero attached hydrogens (tertiary/aromatic N) is 1. The van der Waals surface area contributed by atoms with E-state index in [1.165, 1.54) is 7.11 Å². The number of esters is 1. The van der Waals surface area contributed by atoms with Crippen LogP contribution in [0.25, 0.3) is 10.9 Å². The lowest BCUT2D eigenvalue weighted by Crippen LogP contribution is -2.27. The molecule has 2 unspecified atom stereocenters. The first-order valence-electron chi connectivity index (χ1n) is 11.3. The highest BCUT2D eigenvalue weighted by molar-refractivity contribution is 6.31. The Balaban J connectivity index is 1.29. The van der Waals surface area contributed by atoms with Gasteiger partial charge in [-0.3, -0.25) is 0 Å². The van der Waals surface area contributed by atoms with Gasteiger partial charge in [0.2, 0.25) is 0 Å². The van der Waals surface area contributed by atoms with Gasteiger partial charge in [0.25, 0.3) is 0 Å². The van der Waals surface area contributed by atoms with Crippen LogP contribution in [0.15, 0.2) is 72.8 Å². The van der Waals surface area contributed by atoms with Gasteiger partial charge in [-0.1, -0.05) is 35.9 Å². The molecule has 1 aromatic heterocycles. The molecule has 0 radical (unpaired) electrons. The van der Waals surface area contributed by atoms with Gasteiger partial charge in [-0.2, -0.15) is 0 Å². The van der Waals surface area contributed by atoms with Crippen molar-refractivity contribution in [3.63, 3.8) is 0 Å². The fraction of sp³-hybridized carbons (Fsp3) is 0.214. The second-order valence-electron chi connectivity index (χ2n) is 8.54. The smallest absolute Gasteiger partial charge is 0.337 e. The third-order valence-corrected chi connectivity index (χ3v) is 6.38. The highest BCUT2D eigenvalue weighted by Gasteiger charge is 2.30. The number of carbonyl (C=O) groups excluding carboxylic acids is 1. The van der Waals surface area contributed by atoms with E-state index >= 15 is 0 Å². The van der Waals surface area contributed by atoms with Gasteiger partial charge in [-0.05, 0) is 60.5 Å². The molecule has 0 saturated carbocycles. The first-order chi connectivity index (χ1) is 17.0. The molecule has 1 aliphatic rings. The van der Waals surface area contributed by atoms with Crippen LogP contribution < -0.4 is 9.47 Å². The number of carbonyl (C=O) groups is 1. The summed E-state index contributed by atoms with van der Waals surface area (Å²) in [4.78, 5) is 16.5. The van der Waals surface area contributed by atoms with Crippen LogP contribution in [0.2, 0.25) is 5.02 Å². The van der Waals surface area contributed by atoms with Gasteiger partial charge in [-0.25, -0.2) is 9.78 Å². The maximum atomic E-state index is 11.8. The summed E-state index contributed by atoms with van der Waals surface area (Å²) in [5.41, 5.74) is 3.68. The van der Waals surface area contributed by atoms with E-state index in [1.807, 2.05) is 60.7 Å². The summed E-state index contributed by atoms with van der Waals surface area (Å²) in [7, 11) is 1.36. The molecular weight excluding hydrogens is 466 g/mol. The highest BCUT2D eigenvalue weighted by atomic mass is 35.5. The molecule has 3 aromatic carbocycles. The molecule has 1 N–H and O–H groups in total. The normalized spacial score (nSPS) is 16.9. The standard InChI is InChI=1S/C28H24ClNO5/c1-33-28(32)19-4-2-3-17(11-19)12-20-15-35-26-10-9-23(14-24(26)27(20)31)34-16-22-8-6-18-5-7-21(29)13-25(18)30-22/h2-11,13-14,20,27,31H,12,15-16H2,1H3. The summed E-state index contributed by atoms with van der Waals surface area (Å²) in [5, 5.41) is 12.8. The van der Waals surface area contributed by atoms with Crippen molar-refractivity contribution in [2.75, 3.05) is 13.7 Å². The van der Waals surface area contributed by atoms with Crippen molar-refractivity contribution in [1.29, 1.82) is 0 Å². The van der Waals surface area contributed by atoms with Crippen molar-refractivity contribution in [3.05, 3.63) is 100 Å². The predicted molar refractivity (Wildman–Crippen MR) is 133 cm³/mol. The van der Waals surface area contributed by atoms with Crippen LogP contribution in [0.1, 0.15) is 33.3 Å². The van der Waals surface area contributed by atoms with Crippen LogP contribution >= 0.6 is 11.6 Å². The Morgan fingerprint density at radius 2 is 1.97 bits per heavy atom. The molecule has 0 amide bonds. The fourth-order valence-corrected chi connectivity index (χ4v) is 4.47. The molecule has 178 valence electrons. The number of rotatable bonds is 6. The van der Waals surface area contributed by atoms with Crippen molar-refractivity contribution >= 4 is 28.5 Å². The lowest BCUT2D eigenvalue weighted by Gasteiger charge is -2.30. The van der Waals surface area contributed by atoms with Gasteiger partial charge in [0.05, 0.1) is 36.6 Å². The van der Waals surface area contributed by atoms with Crippen LogP contribution in [-0.2, 0) is 17.8 Å². The summed E-state index contributed by atoms with van der Waals surface area (Å²) >= 11 is 6.09. The summed E-state index contributed by atoms with van der Waals surface area (Å²) in [6.07, 6.45) is -0.176. The molecule has 6 nitrogen and oxygen atoms in total. The highest BCUT2D eigenvalue weighted by Crippen LogP contribution is 2.39. The first kappa shape index (κ1) is 23.1. The zero-order valence-corrected chi connectivity index (χ0v) is 19.9. The molecule has 1 aliphatic heterocycles. The van der Waals surface area contributed by atoms with Gasteiger partial charge in [-0.15, -0.1) is 0 Å². The van der Waals surface area contributed by atoms with Crippen LogP contribution in [0.3, 0.4) is 0 Å². The Bertz CT molecular complexity index is 1390. The summed E-state index contributed by atoms with van der Waals surface area (Å²) < 4.78 is 16.7. The average molecular weight is 490 g/mol. The van der Waals surface area contributed by atoms with Crippen LogP contribution in [0.5, 0.6) is 11.5 Å². The average Bonchev–Trinajstić information content (AvgIpc) is 2.88. The molecule has 0 bridgehead atoms. The van der Waals surface area contributed by atoms with Crippen LogP contribution in [0, 0.1) is 5.92 Å². The summed E-state index contributed by atoms with van der Waals surface area (Å²) in [6, 6.07) is 22.2. The molecule has 4 aromatic rings. The van der Waals surface area contributed by atoms with E-state index in [-0.39, 0.29) is 18.5 Å². The third kappa shape index (κ3) is 5.09. The van der Waals surface area contributed by atoms with E-state index in [1.54, 1.807) is 12.1 Å². The number of methoxy groups -OCH3 is 1. The molecule has 2 heterocycles. The molecular formula is C28H24ClNO5. The predicted octanol–water partition coefficient (Wildman–Crippen LogP) is 5.54. The Morgan fingerprint density at radius 3 is 2.83 bits per heavy atom. The van der Waals surface area contributed by atoms with E-state index in [0.29, 0.717) is 40.7 Å². The third-order valence-electron chi connectivity index (χ3n) is 6.14. The second-order valence-corrected chi connectivity index (χ2v) is 8.98. The molecule has 0 spiro atoms. The Hall–Kier alpha value is -3.61. The zero-order valence-electron chi connectivity index (χ0n) is 19.1. The fourth-order valence-electron chi connectivity index (χ4n) is 4.31. The number of halogens is 1. The Labute approximate surface area is 208 Å². The molecule has 35 heavy (non-hydrogen) atoms. The van der Waals surface area contributed by atoms with E-state index < -0.39 is 6.10 Å². The van der Waals surface area contributed by atoms with Crippen LogP contribution in [0.4, 0.5) is 0 Å². The molecule has 2 atom stereocenters. The van der Waals surface area contributed by atoms with Crippen molar-refractivity contribution in [2.45, 2.75) is 19.1 Å². The number of aromatic nitrogens is 1. The minimum Gasteiger partial charge on any atom is -0.493 e. The van der Waals surface area contributed by atoms with E-state index in [4.69, 9.17) is 25.8 Å². The summed E-state index contributed by atoms with van der Waals surface area (Å²) in [5.74, 6) is 0.705. The number of fused-ring (bicyclic) bond motifs is 2. The largest absolute Gasteiger partial charge is 0.493 e. The lowest BCUT2D eigenvalue weighted by atomic mass is 9.88. The van der Waals surface area contributed by atoms with Crippen molar-refractivity contribution in [3.8, 4) is 11.5 Å². The van der Waals surface area contributed by atoms with Gasteiger partial charge in [0.15, 0.2) is 0 Å². The number of aliphatic hydroxyl groups excluding tert-OH is 1. The van der Waals surface area contributed by atoms with Crippen LogP contribution in [-0.4, -0.2) is 29.8 Å². The molecule has 0 aliphatic carbocycles. The SMILES string of the molecule is COC(=O)c1cccc(CC2COc3ccc(OCc4ccc5ccc(Cl)cc5n4)cc3C2O)c1. The Kier molecular flexibility index (Phi) is 6.57. The number of hydrogen-bond acceptors (Lipinski definition) is 6. The molecule has 0 saturated heterocycles. The van der Waals surface area contributed by atoms with Crippen molar-refractivity contribution in [1.82, 2.24) is 4.98 Å². The van der Waals surface area contributed by atoms with Gasteiger partial charge >= 0.3 is 5.97 Å². The molecule has 0 fully saturated rings. The van der Waals surface area contributed by atoms with Gasteiger partial charge < -0.3 is 19.3 Å². The van der Waals surface area contributed by atoms with E-state index in [2.05, 4.69) is 4.98 Å². The van der Waals surface area contributed by atoms with Crippen molar-refractivity contribution in [2.24, 2.45) is 5.92 Å². The zero-order chi connectivity index (χ0) is 24.4. The second kappa shape index (κ2) is 9.94. The lowest BCUT2D eigenvalue weighted by molar-refractivity contribution is 0.0504. The quantitative estimate of drug-likeness (QED) is 0.358. The number of benzene rings is 3. The minimum atomic E-state index is -0.731. The first-order valence-corrected chi connectivity index (χ1v) is 11.7. The van der Waals surface area contributed by atoms with Gasteiger partial charge in [0, 0.05) is 21.9 Å². The molecule has 5 rings (SSSR count). The van der Waals surface area contributed by atoms with E-state index in [9.17, 15) is 9.90 Å². The minimum absolute atomic E-state index is 0.169. The maximum absolute atomic E-state index is 11.8. The number of hydrogen-bond donors (Lipinski definition) is 1. The molecule has 7 heteroatoms. The number of pyridine rings is 1. The van der Waals surface area contributed by atoms with Crippen molar-refractivity contribution < 1.29 is 24.1 Å². The van der Waals surface area contributed by atoms with Gasteiger partial charge in [0.1, 0.15) is 18.1 Å². The van der Waals surface area contributed by atoms with E-state index in [0.717, 1.165) is 22.2 Å². The summed E-state index contributed by atoms with van der Waals surface area (Å²) in [6.45, 7) is 0.655. The maximum Gasteiger partial charge on any atom is 0.337 e.